The number of hydrogen-bond acceptors (Lipinski definition) is 15. The van der Waals surface area contributed by atoms with Crippen LogP contribution >= 0.6 is 0 Å². The van der Waals surface area contributed by atoms with Crippen molar-refractivity contribution in [2.24, 2.45) is 0 Å². The quantitative estimate of drug-likeness (QED) is 0.144. The summed E-state index contributed by atoms with van der Waals surface area (Å²) in [6.07, 6.45) is -17.2. The lowest BCUT2D eigenvalue weighted by atomic mass is 9.89. The lowest BCUT2D eigenvalue weighted by Gasteiger charge is -2.46. The van der Waals surface area contributed by atoms with E-state index in [1.807, 2.05) is 0 Å². The number of aromatic hydroxyl groups is 2. The molecule has 0 radical (unpaired) electrons. The van der Waals surface area contributed by atoms with Crippen LogP contribution < -0.4 is 10.2 Å². The third kappa shape index (κ3) is 5.56. The third-order valence-electron chi connectivity index (χ3n) is 7.68. The lowest BCUT2D eigenvalue weighted by Crippen LogP contribution is -2.63. The zero-order valence-corrected chi connectivity index (χ0v) is 22.6. The molecule has 2 aliphatic heterocycles. The molecule has 15 nitrogen and oxygen atoms in total. The Hall–Kier alpha value is -3.35. The van der Waals surface area contributed by atoms with E-state index in [1.54, 1.807) is 24.3 Å². The van der Waals surface area contributed by atoms with Crippen LogP contribution in [0.2, 0.25) is 0 Å². The summed E-state index contributed by atoms with van der Waals surface area (Å²) in [6, 6.07) is 8.72. The number of phenols is 2. The highest BCUT2D eigenvalue weighted by molar-refractivity contribution is 5.88. The summed E-state index contributed by atoms with van der Waals surface area (Å²) < 4.78 is 27.4. The summed E-state index contributed by atoms with van der Waals surface area (Å²) in [5.41, 5.74) is -0.890. The molecule has 5 rings (SSSR count). The van der Waals surface area contributed by atoms with Crippen molar-refractivity contribution in [2.75, 3.05) is 20.3 Å². The van der Waals surface area contributed by atoms with Crippen molar-refractivity contribution in [3.05, 3.63) is 52.2 Å². The molecule has 10 atom stereocenters. The van der Waals surface area contributed by atoms with Gasteiger partial charge < -0.3 is 69.3 Å². The minimum absolute atomic E-state index is 0.122. The molecule has 0 saturated carbocycles. The first kappa shape index (κ1) is 31.1. The van der Waals surface area contributed by atoms with E-state index in [0.717, 1.165) is 12.1 Å². The van der Waals surface area contributed by atoms with Gasteiger partial charge in [0.1, 0.15) is 88.9 Å². The van der Waals surface area contributed by atoms with E-state index in [1.165, 1.54) is 7.11 Å². The average Bonchev–Trinajstić information content (AvgIpc) is 2.99. The minimum atomic E-state index is -1.94. The van der Waals surface area contributed by atoms with Crippen molar-refractivity contribution in [2.45, 2.75) is 61.2 Å². The second kappa shape index (κ2) is 12.3. The smallest absolute Gasteiger partial charge is 0.197 e. The normalized spacial score (nSPS) is 33.0. The summed E-state index contributed by atoms with van der Waals surface area (Å²) >= 11 is 0. The Morgan fingerprint density at radius 1 is 0.814 bits per heavy atom. The summed E-state index contributed by atoms with van der Waals surface area (Å²) in [6.45, 7) is -1.60. The van der Waals surface area contributed by atoms with Crippen LogP contribution in [0.4, 0.5) is 0 Å². The van der Waals surface area contributed by atoms with Crippen LogP contribution in [0.3, 0.4) is 0 Å². The first-order chi connectivity index (χ1) is 20.5. The number of aliphatic hydroxyl groups is 7. The highest BCUT2D eigenvalue weighted by Crippen LogP contribution is 2.45. The number of methoxy groups -OCH3 is 1. The van der Waals surface area contributed by atoms with Gasteiger partial charge in [0.15, 0.2) is 11.7 Å². The predicted octanol–water partition coefficient (Wildman–Crippen LogP) is -1.78. The molecule has 3 aromatic rings. The number of aliphatic hydroxyl groups excluding tert-OH is 7. The van der Waals surface area contributed by atoms with E-state index in [0.29, 0.717) is 11.3 Å². The highest BCUT2D eigenvalue weighted by atomic mass is 16.7. The lowest BCUT2D eigenvalue weighted by molar-refractivity contribution is -0.342. The Labute approximate surface area is 242 Å². The summed E-state index contributed by atoms with van der Waals surface area (Å²) in [7, 11) is 1.49. The average molecular weight is 609 g/mol. The molecule has 43 heavy (non-hydrogen) atoms. The number of fused-ring (bicyclic) bond motifs is 1. The van der Waals surface area contributed by atoms with E-state index in [4.69, 9.17) is 23.4 Å². The summed E-state index contributed by atoms with van der Waals surface area (Å²) in [5.74, 6) is -0.799. The molecule has 0 aliphatic carbocycles. The monoisotopic (exact) mass is 608 g/mol. The van der Waals surface area contributed by atoms with Gasteiger partial charge in [-0.1, -0.05) is 0 Å². The molecule has 1 aromatic heterocycles. The maximum Gasteiger partial charge on any atom is 0.197 e. The Bertz CT molecular complexity index is 1490. The van der Waals surface area contributed by atoms with Gasteiger partial charge in [0.2, 0.25) is 0 Å². The summed E-state index contributed by atoms with van der Waals surface area (Å²) in [5, 5.41) is 93.6. The van der Waals surface area contributed by atoms with Crippen LogP contribution in [-0.4, -0.2) is 121 Å². The first-order valence-corrected chi connectivity index (χ1v) is 13.3. The molecule has 0 amide bonds. The van der Waals surface area contributed by atoms with Gasteiger partial charge in [0.05, 0.1) is 25.9 Å². The molecule has 2 fully saturated rings. The van der Waals surface area contributed by atoms with E-state index < -0.39 is 96.9 Å². The van der Waals surface area contributed by atoms with Crippen molar-refractivity contribution in [3.8, 4) is 28.6 Å². The number of rotatable bonds is 7. The Balaban J connectivity index is 1.51. The fraction of sp³-hybridized carbons (Fsp3) is 0.464. The standard InChI is InChI=1S/C28H32O15/c1-39-11-4-2-10(3-5-11)14-6-12(31)18-15(40-14)7-13(32)19(22(18)35)26-25(38)27(21(34)17(9-30)41-26)43-28-24(37)23(36)20(33)16(8-29)42-28/h2-7,16-17,20-21,23-30,32-38H,8-9H2,1H3/t16-,17-,20-,21-,23+,24-,25+,26+,27+,28+/m1/s1. The molecule has 9 N–H and O–H groups in total. The van der Waals surface area contributed by atoms with Gasteiger partial charge in [-0.3, -0.25) is 4.79 Å². The van der Waals surface area contributed by atoms with Crippen LogP contribution in [0.25, 0.3) is 22.3 Å². The van der Waals surface area contributed by atoms with Crippen molar-refractivity contribution < 1.29 is 69.3 Å². The number of ether oxygens (including phenoxy) is 4. The second-order valence-corrected chi connectivity index (χ2v) is 10.3. The fourth-order valence-electron chi connectivity index (χ4n) is 5.30. The van der Waals surface area contributed by atoms with E-state index >= 15 is 0 Å². The predicted molar refractivity (Wildman–Crippen MR) is 143 cm³/mol. The fourth-order valence-corrected chi connectivity index (χ4v) is 5.30. The largest absolute Gasteiger partial charge is 0.507 e. The van der Waals surface area contributed by atoms with Gasteiger partial charge in [0, 0.05) is 17.7 Å². The molecule has 2 aliphatic rings. The number of hydrogen-bond donors (Lipinski definition) is 9. The van der Waals surface area contributed by atoms with Crippen LogP contribution in [-0.2, 0) is 14.2 Å². The van der Waals surface area contributed by atoms with Crippen molar-refractivity contribution >= 4 is 11.0 Å². The second-order valence-electron chi connectivity index (χ2n) is 10.3. The molecule has 0 bridgehead atoms. The number of benzene rings is 2. The molecular formula is C28H32O15. The van der Waals surface area contributed by atoms with Crippen molar-refractivity contribution in [1.82, 2.24) is 0 Å². The molecule has 0 unspecified atom stereocenters. The van der Waals surface area contributed by atoms with Gasteiger partial charge in [-0.05, 0) is 24.3 Å². The van der Waals surface area contributed by atoms with E-state index in [9.17, 15) is 50.8 Å². The van der Waals surface area contributed by atoms with Gasteiger partial charge in [0.25, 0.3) is 0 Å². The van der Waals surface area contributed by atoms with Crippen LogP contribution in [0, 0.1) is 0 Å². The van der Waals surface area contributed by atoms with Crippen molar-refractivity contribution in [1.29, 1.82) is 0 Å². The molecule has 2 aromatic carbocycles. The van der Waals surface area contributed by atoms with Gasteiger partial charge in [-0.25, -0.2) is 0 Å². The van der Waals surface area contributed by atoms with E-state index in [2.05, 4.69) is 0 Å². The molecule has 2 saturated heterocycles. The van der Waals surface area contributed by atoms with Crippen molar-refractivity contribution in [3.63, 3.8) is 0 Å². The highest BCUT2D eigenvalue weighted by Gasteiger charge is 2.51. The van der Waals surface area contributed by atoms with E-state index in [-0.39, 0.29) is 16.7 Å². The molecule has 234 valence electrons. The maximum absolute atomic E-state index is 13.2. The van der Waals surface area contributed by atoms with Crippen LogP contribution in [0.5, 0.6) is 17.2 Å². The van der Waals surface area contributed by atoms with Gasteiger partial charge >= 0.3 is 0 Å². The molecular weight excluding hydrogens is 576 g/mol. The first-order valence-electron chi connectivity index (χ1n) is 13.3. The zero-order valence-electron chi connectivity index (χ0n) is 22.6. The Morgan fingerprint density at radius 3 is 2.09 bits per heavy atom. The van der Waals surface area contributed by atoms with Gasteiger partial charge in [-0.15, -0.1) is 0 Å². The minimum Gasteiger partial charge on any atom is -0.507 e. The third-order valence-corrected chi connectivity index (χ3v) is 7.68. The molecule has 3 heterocycles. The Morgan fingerprint density at radius 2 is 1.47 bits per heavy atom. The molecule has 15 heteroatoms. The molecule has 0 spiro atoms. The maximum atomic E-state index is 13.2. The Kier molecular flexibility index (Phi) is 8.92. The SMILES string of the molecule is COc1ccc(-c2cc(=O)c3c(O)c([C@@H]4O[C@H](CO)[C@@H](O)[C@H](O[C@@H]5O[C@H](CO)[C@@H](O)[C@H](O)[C@H]5O)[C@H]4O)c(O)cc3o2)cc1. The number of phenolic OH excluding ortho intramolecular Hbond substituents is 2. The van der Waals surface area contributed by atoms with Crippen LogP contribution in [0.1, 0.15) is 11.7 Å². The zero-order chi connectivity index (χ0) is 31.2. The topological polar surface area (TPSA) is 249 Å². The van der Waals surface area contributed by atoms with Gasteiger partial charge in [-0.2, -0.15) is 0 Å². The summed E-state index contributed by atoms with van der Waals surface area (Å²) in [4.78, 5) is 13.2. The van der Waals surface area contributed by atoms with Crippen LogP contribution in [0.15, 0.2) is 45.6 Å².